The number of amides is 1. The summed E-state index contributed by atoms with van der Waals surface area (Å²) in [7, 11) is 0. The minimum atomic E-state index is -2.84. The molecule has 0 radical (unpaired) electrons. The van der Waals surface area contributed by atoms with Crippen molar-refractivity contribution in [3.8, 4) is 5.75 Å². The standard InChI is InChI=1S/C18H19F2N3O2S/c19-17(20)25-14-5-3-12(4-6-14)10-15-16(24)21-18(26-15)23-9-8-22-7-1-2-13(22)11-23/h3-6,10,13,17H,1-2,7-9,11H2. The molecule has 3 aliphatic rings. The van der Waals surface area contributed by atoms with E-state index in [9.17, 15) is 13.6 Å². The summed E-state index contributed by atoms with van der Waals surface area (Å²) < 4.78 is 28.7. The number of hydrogen-bond donors (Lipinski definition) is 0. The van der Waals surface area contributed by atoms with Gasteiger partial charge in [0.15, 0.2) is 5.17 Å². The third-order valence-electron chi connectivity index (χ3n) is 4.87. The van der Waals surface area contributed by atoms with E-state index >= 15 is 0 Å². The number of nitrogens with zero attached hydrogens (tertiary/aromatic N) is 3. The van der Waals surface area contributed by atoms with Crippen LogP contribution in [0.1, 0.15) is 18.4 Å². The van der Waals surface area contributed by atoms with Gasteiger partial charge in [0.25, 0.3) is 5.91 Å². The molecule has 0 saturated carbocycles. The molecule has 0 bridgehead atoms. The monoisotopic (exact) mass is 379 g/mol. The number of halogens is 2. The van der Waals surface area contributed by atoms with Crippen LogP contribution in [-0.4, -0.2) is 59.7 Å². The van der Waals surface area contributed by atoms with Gasteiger partial charge < -0.3 is 9.64 Å². The van der Waals surface area contributed by atoms with Gasteiger partial charge in [0.05, 0.1) is 4.91 Å². The van der Waals surface area contributed by atoms with Gasteiger partial charge in [0, 0.05) is 25.7 Å². The average molecular weight is 379 g/mol. The average Bonchev–Trinajstić information content (AvgIpc) is 3.22. The fourth-order valence-electron chi connectivity index (χ4n) is 3.59. The number of carbonyl (C=O) groups excluding carboxylic acids is 1. The highest BCUT2D eigenvalue weighted by molar-refractivity contribution is 8.18. The van der Waals surface area contributed by atoms with Gasteiger partial charge in [-0.1, -0.05) is 12.1 Å². The normalized spacial score (nSPS) is 25.1. The van der Waals surface area contributed by atoms with E-state index in [-0.39, 0.29) is 11.7 Å². The zero-order valence-corrected chi connectivity index (χ0v) is 14.9. The molecule has 0 N–H and O–H groups in total. The van der Waals surface area contributed by atoms with Gasteiger partial charge in [-0.15, -0.1) is 0 Å². The topological polar surface area (TPSA) is 45.1 Å². The van der Waals surface area contributed by atoms with Gasteiger partial charge >= 0.3 is 6.61 Å². The molecule has 26 heavy (non-hydrogen) atoms. The van der Waals surface area contributed by atoms with Crippen molar-refractivity contribution in [3.63, 3.8) is 0 Å². The lowest BCUT2D eigenvalue weighted by Gasteiger charge is -2.38. The first-order chi connectivity index (χ1) is 12.6. The molecule has 1 unspecified atom stereocenters. The largest absolute Gasteiger partial charge is 0.435 e. The third-order valence-corrected chi connectivity index (χ3v) is 5.91. The lowest BCUT2D eigenvalue weighted by atomic mass is 10.2. The Kier molecular flexibility index (Phi) is 4.95. The van der Waals surface area contributed by atoms with Crippen LogP contribution in [0, 0.1) is 0 Å². The maximum absolute atomic E-state index is 12.2. The van der Waals surface area contributed by atoms with Crippen LogP contribution < -0.4 is 4.74 Å². The number of rotatable bonds is 3. The molecule has 0 spiro atoms. The highest BCUT2D eigenvalue weighted by atomic mass is 32.2. The van der Waals surface area contributed by atoms with Crippen molar-refractivity contribution < 1.29 is 18.3 Å². The molecule has 1 amide bonds. The Morgan fingerprint density at radius 2 is 2.04 bits per heavy atom. The SMILES string of the molecule is O=C1N=C(N2CCN3CCCC3C2)SC1=Cc1ccc(OC(F)F)cc1. The predicted molar refractivity (Wildman–Crippen MR) is 97.3 cm³/mol. The van der Waals surface area contributed by atoms with E-state index in [4.69, 9.17) is 0 Å². The highest BCUT2D eigenvalue weighted by Gasteiger charge is 2.34. The predicted octanol–water partition coefficient (Wildman–Crippen LogP) is 3.04. The van der Waals surface area contributed by atoms with Crippen LogP contribution in [0.4, 0.5) is 8.78 Å². The van der Waals surface area contributed by atoms with Crippen molar-refractivity contribution >= 4 is 28.9 Å². The Morgan fingerprint density at radius 3 is 2.81 bits per heavy atom. The highest BCUT2D eigenvalue weighted by Crippen LogP contribution is 2.32. The lowest BCUT2D eigenvalue weighted by Crippen LogP contribution is -2.51. The first kappa shape index (κ1) is 17.5. The molecule has 138 valence electrons. The number of amidine groups is 1. The molecule has 1 aromatic carbocycles. The zero-order valence-electron chi connectivity index (χ0n) is 14.1. The van der Waals surface area contributed by atoms with Crippen molar-refractivity contribution in [3.05, 3.63) is 34.7 Å². The van der Waals surface area contributed by atoms with Gasteiger partial charge in [-0.25, -0.2) is 0 Å². The van der Waals surface area contributed by atoms with E-state index < -0.39 is 6.61 Å². The van der Waals surface area contributed by atoms with E-state index in [1.165, 1.54) is 43.3 Å². The molecular weight excluding hydrogens is 360 g/mol. The van der Waals surface area contributed by atoms with Crippen molar-refractivity contribution in [1.29, 1.82) is 0 Å². The van der Waals surface area contributed by atoms with Crippen molar-refractivity contribution in [2.24, 2.45) is 4.99 Å². The van der Waals surface area contributed by atoms with Crippen molar-refractivity contribution in [2.75, 3.05) is 26.2 Å². The van der Waals surface area contributed by atoms with Crippen LogP contribution >= 0.6 is 11.8 Å². The number of thioether (sulfide) groups is 1. The Morgan fingerprint density at radius 1 is 1.23 bits per heavy atom. The van der Waals surface area contributed by atoms with Crippen LogP contribution in [0.5, 0.6) is 5.75 Å². The van der Waals surface area contributed by atoms with Crippen molar-refractivity contribution in [1.82, 2.24) is 9.80 Å². The number of carbonyl (C=O) groups is 1. The molecule has 0 aliphatic carbocycles. The van der Waals surface area contributed by atoms with Gasteiger partial charge in [-0.2, -0.15) is 13.8 Å². The second-order valence-electron chi connectivity index (χ2n) is 6.54. The van der Waals surface area contributed by atoms with E-state index in [1.807, 2.05) is 0 Å². The van der Waals surface area contributed by atoms with Gasteiger partial charge in [-0.05, 0) is 54.9 Å². The number of piperazine rings is 1. The Bertz CT molecular complexity index is 751. The molecule has 2 fully saturated rings. The maximum atomic E-state index is 12.2. The Hall–Kier alpha value is -1.93. The van der Waals surface area contributed by atoms with Crippen LogP contribution in [0.25, 0.3) is 6.08 Å². The minimum absolute atomic E-state index is 0.0962. The quantitative estimate of drug-likeness (QED) is 0.756. The number of hydrogen-bond acceptors (Lipinski definition) is 5. The molecule has 1 aromatic rings. The number of ether oxygens (including phenoxy) is 1. The lowest BCUT2D eigenvalue weighted by molar-refractivity contribution is -0.113. The van der Waals surface area contributed by atoms with E-state index in [2.05, 4.69) is 19.5 Å². The molecule has 5 nitrogen and oxygen atoms in total. The Balaban J connectivity index is 1.42. The minimum Gasteiger partial charge on any atom is -0.435 e. The zero-order chi connectivity index (χ0) is 18.1. The summed E-state index contributed by atoms with van der Waals surface area (Å²) in [6.45, 7) is 1.16. The fourth-order valence-corrected chi connectivity index (χ4v) is 4.54. The molecule has 3 aliphatic heterocycles. The summed E-state index contributed by atoms with van der Waals surface area (Å²) >= 11 is 1.39. The molecule has 3 heterocycles. The summed E-state index contributed by atoms with van der Waals surface area (Å²) in [4.78, 5) is 21.7. The number of alkyl halides is 2. The summed E-state index contributed by atoms with van der Waals surface area (Å²) in [5.74, 6) is -0.148. The smallest absolute Gasteiger partial charge is 0.387 e. The van der Waals surface area contributed by atoms with Crippen molar-refractivity contribution in [2.45, 2.75) is 25.5 Å². The molecule has 0 aromatic heterocycles. The molecular formula is C18H19F2N3O2S. The first-order valence-electron chi connectivity index (χ1n) is 8.65. The summed E-state index contributed by atoms with van der Waals surface area (Å²) in [6, 6.07) is 6.78. The van der Waals surface area contributed by atoms with Crippen LogP contribution in [0.3, 0.4) is 0 Å². The maximum Gasteiger partial charge on any atom is 0.387 e. The van der Waals surface area contributed by atoms with E-state index in [0.29, 0.717) is 10.9 Å². The Labute approximate surface area is 154 Å². The van der Waals surface area contributed by atoms with E-state index in [1.54, 1.807) is 18.2 Å². The third kappa shape index (κ3) is 3.76. The van der Waals surface area contributed by atoms with E-state index in [0.717, 1.165) is 30.4 Å². The molecule has 4 rings (SSSR count). The second-order valence-corrected chi connectivity index (χ2v) is 7.54. The summed E-state index contributed by atoms with van der Waals surface area (Å²) in [5.41, 5.74) is 0.750. The molecule has 2 saturated heterocycles. The van der Waals surface area contributed by atoms with Crippen LogP contribution in [-0.2, 0) is 4.79 Å². The molecule has 8 heteroatoms. The summed E-state index contributed by atoms with van der Waals surface area (Å²) in [6.07, 6.45) is 4.19. The van der Waals surface area contributed by atoms with Gasteiger partial charge in [-0.3, -0.25) is 9.69 Å². The van der Waals surface area contributed by atoms with Crippen LogP contribution in [0.2, 0.25) is 0 Å². The van der Waals surface area contributed by atoms with Gasteiger partial charge in [0.1, 0.15) is 5.75 Å². The number of benzene rings is 1. The summed E-state index contributed by atoms with van der Waals surface area (Å²) in [5, 5.41) is 0.769. The second kappa shape index (κ2) is 7.36. The first-order valence-corrected chi connectivity index (χ1v) is 9.46. The van der Waals surface area contributed by atoms with Crippen LogP contribution in [0.15, 0.2) is 34.2 Å². The molecule has 1 atom stereocenters. The number of aliphatic imine (C=N–C) groups is 1. The van der Waals surface area contributed by atoms with Gasteiger partial charge in [0.2, 0.25) is 0 Å². The fraction of sp³-hybridized carbons (Fsp3) is 0.444. The number of fused-ring (bicyclic) bond motifs is 1.